The Hall–Kier alpha value is -3.94. The van der Waals surface area contributed by atoms with Gasteiger partial charge in [-0.15, -0.1) is 0 Å². The Balaban J connectivity index is 1.33. The molecule has 3 N–H and O–H groups in total. The number of benzene rings is 2. The van der Waals surface area contributed by atoms with Gasteiger partial charge in [-0.3, -0.25) is 14.4 Å². The topological polar surface area (TPSA) is 118 Å². The number of nitrogens with one attached hydrogen (secondary N) is 3. The van der Waals surface area contributed by atoms with Gasteiger partial charge in [-0.2, -0.15) is 0 Å². The van der Waals surface area contributed by atoms with E-state index in [0.717, 1.165) is 12.8 Å². The Kier molecular flexibility index (Phi) is 5.79. The van der Waals surface area contributed by atoms with E-state index in [2.05, 4.69) is 16.0 Å². The molecule has 158 valence electrons. The molecule has 4 rings (SSSR count). The molecular formula is C23H21N3O5. The van der Waals surface area contributed by atoms with Gasteiger partial charge in [-0.25, -0.2) is 4.79 Å². The average Bonchev–Trinajstić information content (AvgIpc) is 3.62. The summed E-state index contributed by atoms with van der Waals surface area (Å²) in [6.07, 6.45) is 1.87. The molecular weight excluding hydrogens is 398 g/mol. The van der Waals surface area contributed by atoms with E-state index in [4.69, 9.17) is 4.42 Å². The molecule has 31 heavy (non-hydrogen) atoms. The number of hydrogen-bond acceptors (Lipinski definition) is 5. The van der Waals surface area contributed by atoms with Gasteiger partial charge in [0.05, 0.1) is 0 Å². The smallest absolute Gasteiger partial charge is 0.349 e. The van der Waals surface area contributed by atoms with Crippen LogP contribution in [0.3, 0.4) is 0 Å². The molecule has 0 unspecified atom stereocenters. The van der Waals surface area contributed by atoms with Crippen LogP contribution in [0.15, 0.2) is 63.8 Å². The largest absolute Gasteiger partial charge is 0.422 e. The van der Waals surface area contributed by atoms with Gasteiger partial charge in [0.25, 0.3) is 11.8 Å². The van der Waals surface area contributed by atoms with Gasteiger partial charge < -0.3 is 20.4 Å². The third kappa shape index (κ3) is 4.98. The molecule has 8 heteroatoms. The quantitative estimate of drug-likeness (QED) is 0.401. The lowest BCUT2D eigenvalue weighted by Crippen LogP contribution is -2.35. The highest BCUT2D eigenvalue weighted by atomic mass is 16.4. The van der Waals surface area contributed by atoms with Crippen LogP contribution in [-0.4, -0.2) is 30.8 Å². The molecule has 0 aliphatic heterocycles. The van der Waals surface area contributed by atoms with Crippen LogP contribution >= 0.6 is 0 Å². The third-order valence-corrected chi connectivity index (χ3v) is 4.95. The van der Waals surface area contributed by atoms with Crippen molar-refractivity contribution < 1.29 is 18.8 Å². The Morgan fingerprint density at radius 2 is 1.61 bits per heavy atom. The van der Waals surface area contributed by atoms with Gasteiger partial charge in [0, 0.05) is 35.6 Å². The normalized spacial score (nSPS) is 12.9. The standard InChI is InChI=1S/C23H21N3O5/c27-20(14-5-6-14)24-11-12-25-21(28)15-7-9-17(10-8-15)26-22(29)18-13-16-3-1-2-4-19(16)31-23(18)30/h1-4,7-10,13-14H,5-6,11-12H2,(H,24,27)(H,25,28)(H,26,29). The van der Waals surface area contributed by atoms with Gasteiger partial charge in [0.2, 0.25) is 5.91 Å². The lowest BCUT2D eigenvalue weighted by atomic mass is 10.1. The van der Waals surface area contributed by atoms with Crippen LogP contribution in [0, 0.1) is 5.92 Å². The molecule has 1 fully saturated rings. The SMILES string of the molecule is O=C(NCCNC(=O)C1CC1)c1ccc(NC(=O)c2cc3ccccc3oc2=O)cc1. The van der Waals surface area contributed by atoms with Gasteiger partial charge in [0.1, 0.15) is 11.1 Å². The van der Waals surface area contributed by atoms with Gasteiger partial charge in [-0.1, -0.05) is 18.2 Å². The molecule has 1 aromatic heterocycles. The van der Waals surface area contributed by atoms with Crippen LogP contribution in [0.2, 0.25) is 0 Å². The predicted molar refractivity (Wildman–Crippen MR) is 115 cm³/mol. The molecule has 0 atom stereocenters. The lowest BCUT2D eigenvalue weighted by molar-refractivity contribution is -0.122. The number of hydrogen-bond donors (Lipinski definition) is 3. The molecule has 1 aliphatic rings. The first-order valence-electron chi connectivity index (χ1n) is 10.0. The van der Waals surface area contributed by atoms with Crippen LogP contribution in [-0.2, 0) is 4.79 Å². The summed E-state index contributed by atoms with van der Waals surface area (Å²) in [7, 11) is 0. The molecule has 0 saturated heterocycles. The van der Waals surface area contributed by atoms with Crippen LogP contribution in [0.25, 0.3) is 11.0 Å². The summed E-state index contributed by atoms with van der Waals surface area (Å²) in [5.41, 5.74) is 0.434. The third-order valence-electron chi connectivity index (χ3n) is 4.95. The number of rotatable bonds is 7. The van der Waals surface area contributed by atoms with Crippen molar-refractivity contribution in [3.8, 4) is 0 Å². The Bertz CT molecular complexity index is 1200. The van der Waals surface area contributed by atoms with Gasteiger partial charge in [0.15, 0.2) is 0 Å². The summed E-state index contributed by atoms with van der Waals surface area (Å²) in [5, 5.41) is 8.79. The Labute approximate surface area is 177 Å². The molecule has 3 amide bonds. The minimum atomic E-state index is -0.721. The van der Waals surface area contributed by atoms with Crippen molar-refractivity contribution in [1.82, 2.24) is 10.6 Å². The number of anilines is 1. The Morgan fingerprint density at radius 1 is 0.903 bits per heavy atom. The zero-order valence-electron chi connectivity index (χ0n) is 16.6. The molecule has 1 saturated carbocycles. The van der Waals surface area contributed by atoms with Crippen molar-refractivity contribution in [3.63, 3.8) is 0 Å². The van der Waals surface area contributed by atoms with Crippen LogP contribution in [0.1, 0.15) is 33.6 Å². The van der Waals surface area contributed by atoms with E-state index < -0.39 is 11.5 Å². The summed E-state index contributed by atoms with van der Waals surface area (Å²) in [4.78, 5) is 48.3. The number of carbonyl (C=O) groups excluding carboxylic acids is 3. The predicted octanol–water partition coefficient (Wildman–Crippen LogP) is 2.30. The molecule has 0 spiro atoms. The van der Waals surface area contributed by atoms with Crippen molar-refractivity contribution in [2.75, 3.05) is 18.4 Å². The molecule has 3 aromatic rings. The molecule has 0 radical (unpaired) electrons. The fourth-order valence-corrected chi connectivity index (χ4v) is 3.08. The average molecular weight is 419 g/mol. The summed E-state index contributed by atoms with van der Waals surface area (Å²) in [6, 6.07) is 14.7. The zero-order valence-corrected chi connectivity index (χ0v) is 16.6. The molecule has 2 aromatic carbocycles. The molecule has 8 nitrogen and oxygen atoms in total. The zero-order chi connectivity index (χ0) is 21.8. The number of fused-ring (bicyclic) bond motifs is 1. The number of amides is 3. The first kappa shape index (κ1) is 20.3. The second-order valence-electron chi connectivity index (χ2n) is 7.34. The van der Waals surface area contributed by atoms with Crippen molar-refractivity contribution in [2.45, 2.75) is 12.8 Å². The van der Waals surface area contributed by atoms with Gasteiger partial charge in [-0.05, 0) is 49.2 Å². The van der Waals surface area contributed by atoms with Crippen LogP contribution < -0.4 is 21.6 Å². The summed E-state index contributed by atoms with van der Waals surface area (Å²) < 4.78 is 5.18. The van der Waals surface area contributed by atoms with E-state index in [0.29, 0.717) is 35.3 Å². The van der Waals surface area contributed by atoms with E-state index in [1.807, 2.05) is 0 Å². The maximum absolute atomic E-state index is 12.5. The van der Waals surface area contributed by atoms with E-state index >= 15 is 0 Å². The first-order chi connectivity index (χ1) is 15.0. The molecule has 1 aliphatic carbocycles. The lowest BCUT2D eigenvalue weighted by Gasteiger charge is -2.08. The highest BCUT2D eigenvalue weighted by Gasteiger charge is 2.29. The van der Waals surface area contributed by atoms with E-state index in [1.54, 1.807) is 48.5 Å². The van der Waals surface area contributed by atoms with Crippen LogP contribution in [0.5, 0.6) is 0 Å². The number of para-hydroxylation sites is 1. The van der Waals surface area contributed by atoms with E-state index in [1.165, 1.54) is 6.07 Å². The maximum atomic E-state index is 12.5. The first-order valence-corrected chi connectivity index (χ1v) is 10.0. The fraction of sp³-hybridized carbons (Fsp3) is 0.217. The van der Waals surface area contributed by atoms with Crippen molar-refractivity contribution in [2.24, 2.45) is 5.92 Å². The van der Waals surface area contributed by atoms with Crippen LogP contribution in [0.4, 0.5) is 5.69 Å². The monoisotopic (exact) mass is 419 g/mol. The summed E-state index contributed by atoms with van der Waals surface area (Å²) >= 11 is 0. The summed E-state index contributed by atoms with van der Waals surface area (Å²) in [6.45, 7) is 0.705. The van der Waals surface area contributed by atoms with E-state index in [9.17, 15) is 19.2 Å². The highest BCUT2D eigenvalue weighted by molar-refractivity contribution is 6.05. The summed E-state index contributed by atoms with van der Waals surface area (Å²) in [5.74, 6) is -0.703. The molecule has 1 heterocycles. The van der Waals surface area contributed by atoms with Gasteiger partial charge >= 0.3 is 5.63 Å². The second kappa shape index (κ2) is 8.83. The van der Waals surface area contributed by atoms with Crippen molar-refractivity contribution in [1.29, 1.82) is 0 Å². The molecule has 0 bridgehead atoms. The van der Waals surface area contributed by atoms with Crippen molar-refractivity contribution in [3.05, 3.63) is 76.1 Å². The minimum absolute atomic E-state index is 0.0368. The van der Waals surface area contributed by atoms with Crippen molar-refractivity contribution >= 4 is 34.4 Å². The highest BCUT2D eigenvalue weighted by Crippen LogP contribution is 2.28. The fourth-order valence-electron chi connectivity index (χ4n) is 3.08. The second-order valence-corrected chi connectivity index (χ2v) is 7.34. The maximum Gasteiger partial charge on any atom is 0.349 e. The number of carbonyl (C=O) groups is 3. The van der Waals surface area contributed by atoms with E-state index in [-0.39, 0.29) is 23.3 Å². The minimum Gasteiger partial charge on any atom is -0.422 e. The Morgan fingerprint density at radius 3 is 2.35 bits per heavy atom.